The number of fused-ring (bicyclic) bond motifs is 1. The van der Waals surface area contributed by atoms with E-state index in [1.54, 1.807) is 19.4 Å². The lowest BCUT2D eigenvalue weighted by molar-refractivity contribution is 0.0956. The molecule has 1 aromatic heterocycles. The second-order valence-electron chi connectivity index (χ2n) is 7.75. The number of nitrogens with zero attached hydrogens (tertiary/aromatic N) is 2. The number of pyridine rings is 1. The van der Waals surface area contributed by atoms with Crippen LogP contribution < -0.4 is 14.9 Å². The van der Waals surface area contributed by atoms with Gasteiger partial charge in [-0.1, -0.05) is 55.8 Å². The first-order valence-corrected chi connectivity index (χ1v) is 11.3. The highest BCUT2D eigenvalue weighted by atomic mass is 16.5. The molecule has 4 aromatic rings. The minimum absolute atomic E-state index is 0.318. The van der Waals surface area contributed by atoms with Gasteiger partial charge in [0.15, 0.2) is 0 Å². The van der Waals surface area contributed by atoms with E-state index in [2.05, 4.69) is 17.5 Å². The van der Waals surface area contributed by atoms with E-state index in [9.17, 15) is 4.79 Å². The fourth-order valence-electron chi connectivity index (χ4n) is 3.60. The summed E-state index contributed by atoms with van der Waals surface area (Å²) in [5.74, 6) is 1.15. The molecular weight excluding hydrogens is 426 g/mol. The monoisotopic (exact) mass is 453 g/mol. The number of hydrazone groups is 1. The Morgan fingerprint density at radius 2 is 1.85 bits per heavy atom. The van der Waals surface area contributed by atoms with E-state index in [0.717, 1.165) is 40.6 Å². The number of ether oxygens (including phenoxy) is 2. The molecule has 1 N–H and O–H groups in total. The quantitative estimate of drug-likeness (QED) is 0.196. The Kier molecular flexibility index (Phi) is 7.50. The Hall–Kier alpha value is -4.19. The van der Waals surface area contributed by atoms with E-state index < -0.39 is 0 Å². The van der Waals surface area contributed by atoms with Gasteiger partial charge in [0.25, 0.3) is 5.91 Å². The molecule has 0 aliphatic rings. The number of nitrogens with one attached hydrogen (secondary N) is 1. The first kappa shape index (κ1) is 23.0. The fraction of sp³-hybridized carbons (Fsp3) is 0.179. The van der Waals surface area contributed by atoms with Gasteiger partial charge in [-0.3, -0.25) is 4.79 Å². The highest BCUT2D eigenvalue weighted by Crippen LogP contribution is 2.31. The molecule has 0 bridgehead atoms. The molecule has 3 aromatic carbocycles. The zero-order chi connectivity index (χ0) is 23.8. The molecule has 0 fully saturated rings. The number of methoxy groups -OCH3 is 1. The third-order valence-corrected chi connectivity index (χ3v) is 5.35. The molecule has 0 aliphatic carbocycles. The summed E-state index contributed by atoms with van der Waals surface area (Å²) < 4.78 is 11.2. The zero-order valence-corrected chi connectivity index (χ0v) is 19.3. The van der Waals surface area contributed by atoms with Crippen LogP contribution in [-0.2, 0) is 0 Å². The lowest BCUT2D eigenvalue weighted by Crippen LogP contribution is -2.18. The number of rotatable bonds is 9. The van der Waals surface area contributed by atoms with Crippen molar-refractivity contribution >= 4 is 23.0 Å². The largest absolute Gasteiger partial charge is 0.496 e. The second kappa shape index (κ2) is 11.1. The summed E-state index contributed by atoms with van der Waals surface area (Å²) >= 11 is 0. The van der Waals surface area contributed by atoms with Crippen molar-refractivity contribution in [2.75, 3.05) is 13.7 Å². The first-order chi connectivity index (χ1) is 16.7. The predicted molar refractivity (Wildman–Crippen MR) is 136 cm³/mol. The lowest BCUT2D eigenvalue weighted by Gasteiger charge is -2.11. The van der Waals surface area contributed by atoms with Crippen LogP contribution in [0.15, 0.2) is 84.0 Å². The van der Waals surface area contributed by atoms with E-state index >= 15 is 0 Å². The fourth-order valence-corrected chi connectivity index (χ4v) is 3.60. The zero-order valence-electron chi connectivity index (χ0n) is 19.3. The number of hydrogen-bond donors (Lipinski definition) is 1. The van der Waals surface area contributed by atoms with Crippen LogP contribution >= 0.6 is 0 Å². The molecule has 172 valence electrons. The SMILES string of the molecule is CCCCOc1cccc(/C=N/NC(=O)c2cc(-c3ccccc3OC)nc3ccccc23)c1. The Balaban J connectivity index is 1.58. The summed E-state index contributed by atoms with van der Waals surface area (Å²) in [6, 6.07) is 24.5. The maximum atomic E-state index is 13.1. The molecule has 0 radical (unpaired) electrons. The van der Waals surface area contributed by atoms with Crippen molar-refractivity contribution in [3.05, 3.63) is 90.0 Å². The van der Waals surface area contributed by atoms with Crippen molar-refractivity contribution in [2.24, 2.45) is 5.10 Å². The molecular formula is C28H27N3O3. The van der Waals surface area contributed by atoms with Gasteiger partial charge >= 0.3 is 0 Å². The van der Waals surface area contributed by atoms with Crippen molar-refractivity contribution < 1.29 is 14.3 Å². The molecule has 6 heteroatoms. The van der Waals surface area contributed by atoms with Gasteiger partial charge in [0.1, 0.15) is 11.5 Å². The number of para-hydroxylation sites is 2. The van der Waals surface area contributed by atoms with Gasteiger partial charge in [-0.25, -0.2) is 10.4 Å². The average Bonchev–Trinajstić information content (AvgIpc) is 2.88. The summed E-state index contributed by atoms with van der Waals surface area (Å²) in [4.78, 5) is 17.9. The van der Waals surface area contributed by atoms with E-state index in [0.29, 0.717) is 23.6 Å². The van der Waals surface area contributed by atoms with Crippen LogP contribution in [0.4, 0.5) is 0 Å². The van der Waals surface area contributed by atoms with Crippen molar-refractivity contribution in [2.45, 2.75) is 19.8 Å². The smallest absolute Gasteiger partial charge is 0.272 e. The van der Waals surface area contributed by atoms with Crippen LogP contribution in [0.1, 0.15) is 35.7 Å². The third kappa shape index (κ3) is 5.41. The number of amides is 1. The van der Waals surface area contributed by atoms with E-state index in [1.165, 1.54) is 0 Å². The summed E-state index contributed by atoms with van der Waals surface area (Å²) in [6.07, 6.45) is 3.69. The summed E-state index contributed by atoms with van der Waals surface area (Å²) in [7, 11) is 1.62. The topological polar surface area (TPSA) is 72.8 Å². The van der Waals surface area contributed by atoms with Crippen LogP contribution in [0, 0.1) is 0 Å². The number of carbonyl (C=O) groups is 1. The van der Waals surface area contributed by atoms with Crippen LogP contribution in [0.25, 0.3) is 22.2 Å². The van der Waals surface area contributed by atoms with E-state index in [1.807, 2.05) is 72.8 Å². The van der Waals surface area contributed by atoms with Gasteiger partial charge in [0, 0.05) is 10.9 Å². The van der Waals surface area contributed by atoms with Gasteiger partial charge in [0.05, 0.1) is 36.7 Å². The average molecular weight is 454 g/mol. The van der Waals surface area contributed by atoms with Crippen LogP contribution in [-0.4, -0.2) is 30.8 Å². The molecule has 0 spiro atoms. The van der Waals surface area contributed by atoms with Crippen LogP contribution in [0.3, 0.4) is 0 Å². The van der Waals surface area contributed by atoms with Crippen molar-refractivity contribution in [3.8, 4) is 22.8 Å². The lowest BCUT2D eigenvalue weighted by atomic mass is 10.0. The Morgan fingerprint density at radius 3 is 2.71 bits per heavy atom. The number of unbranched alkanes of at least 4 members (excludes halogenated alkanes) is 1. The number of hydrogen-bond acceptors (Lipinski definition) is 5. The van der Waals surface area contributed by atoms with Gasteiger partial charge in [-0.2, -0.15) is 5.10 Å². The molecule has 1 amide bonds. The number of carbonyl (C=O) groups excluding carboxylic acids is 1. The van der Waals surface area contributed by atoms with Gasteiger partial charge in [-0.05, 0) is 48.4 Å². The molecule has 0 saturated carbocycles. The van der Waals surface area contributed by atoms with Gasteiger partial charge in [0.2, 0.25) is 0 Å². The summed E-state index contributed by atoms with van der Waals surface area (Å²) in [6.45, 7) is 2.80. The normalized spacial score (nSPS) is 11.0. The standard InChI is InChI=1S/C28H27N3O3/c1-3-4-16-34-21-11-9-10-20(17-21)19-29-31-28(32)24-18-26(23-13-6-8-15-27(23)33-2)30-25-14-7-5-12-22(24)25/h5-15,17-19H,3-4,16H2,1-2H3,(H,31,32)/b29-19+. The summed E-state index contributed by atoms with van der Waals surface area (Å²) in [5, 5.41) is 4.92. The highest BCUT2D eigenvalue weighted by Gasteiger charge is 2.15. The Morgan fingerprint density at radius 1 is 1.03 bits per heavy atom. The maximum Gasteiger partial charge on any atom is 0.272 e. The summed E-state index contributed by atoms with van der Waals surface area (Å²) in [5.41, 5.74) is 6.16. The molecule has 4 rings (SSSR count). The molecule has 6 nitrogen and oxygen atoms in total. The van der Waals surface area contributed by atoms with Crippen LogP contribution in [0.5, 0.6) is 11.5 Å². The van der Waals surface area contributed by atoms with Crippen LogP contribution in [0.2, 0.25) is 0 Å². The van der Waals surface area contributed by atoms with Crippen molar-refractivity contribution in [1.29, 1.82) is 0 Å². The van der Waals surface area contributed by atoms with Crippen molar-refractivity contribution in [3.63, 3.8) is 0 Å². The highest BCUT2D eigenvalue weighted by molar-refractivity contribution is 6.07. The molecule has 1 heterocycles. The molecule has 0 atom stereocenters. The second-order valence-corrected chi connectivity index (χ2v) is 7.75. The van der Waals surface area contributed by atoms with E-state index in [-0.39, 0.29) is 5.91 Å². The third-order valence-electron chi connectivity index (χ3n) is 5.35. The molecule has 0 unspecified atom stereocenters. The Bertz CT molecular complexity index is 1320. The van der Waals surface area contributed by atoms with Gasteiger partial charge in [-0.15, -0.1) is 0 Å². The minimum atomic E-state index is -0.318. The number of benzene rings is 3. The maximum absolute atomic E-state index is 13.1. The number of aromatic nitrogens is 1. The minimum Gasteiger partial charge on any atom is -0.496 e. The van der Waals surface area contributed by atoms with Gasteiger partial charge < -0.3 is 9.47 Å². The first-order valence-electron chi connectivity index (χ1n) is 11.3. The predicted octanol–water partition coefficient (Wildman–Crippen LogP) is 5.85. The van der Waals surface area contributed by atoms with Crippen molar-refractivity contribution in [1.82, 2.24) is 10.4 Å². The molecule has 0 aliphatic heterocycles. The molecule has 0 saturated heterocycles. The Labute approximate surface area is 199 Å². The molecule has 34 heavy (non-hydrogen) atoms. The van der Waals surface area contributed by atoms with E-state index in [4.69, 9.17) is 14.5 Å².